The summed E-state index contributed by atoms with van der Waals surface area (Å²) < 4.78 is 14.3. The number of pyridine rings is 1. The fourth-order valence-corrected chi connectivity index (χ4v) is 7.78. The molecule has 0 unspecified atom stereocenters. The Bertz CT molecular complexity index is 2390. The first-order valence-electron chi connectivity index (χ1n) is 18.2. The van der Waals surface area contributed by atoms with Crippen LogP contribution in [0.4, 0.5) is 10.5 Å². The van der Waals surface area contributed by atoms with Crippen LogP contribution in [0, 0.1) is 0 Å². The number of nitrogens with one attached hydrogen (secondary N) is 3. The number of hydrogen-bond acceptors (Lipinski definition) is 7. The van der Waals surface area contributed by atoms with Crippen molar-refractivity contribution in [2.75, 3.05) is 11.9 Å². The zero-order chi connectivity index (χ0) is 38.6. The molecule has 0 saturated carbocycles. The third kappa shape index (κ3) is 8.68. The van der Waals surface area contributed by atoms with E-state index >= 15 is 0 Å². The van der Waals surface area contributed by atoms with Gasteiger partial charge < -0.3 is 29.4 Å². The highest BCUT2D eigenvalue weighted by Crippen LogP contribution is 2.41. The highest BCUT2D eigenvalue weighted by atomic mass is 28.4. The van der Waals surface area contributed by atoms with Gasteiger partial charge in [0.1, 0.15) is 5.75 Å². The van der Waals surface area contributed by atoms with Gasteiger partial charge in [0.15, 0.2) is 13.9 Å². The number of aromatic nitrogens is 2. The Morgan fingerprint density at radius 1 is 0.944 bits per heavy atom. The first kappa shape index (κ1) is 38.3. The van der Waals surface area contributed by atoms with Crippen LogP contribution in [0.1, 0.15) is 56.4 Å². The van der Waals surface area contributed by atoms with Crippen LogP contribution in [0.3, 0.4) is 0 Å². The molecular formula is C42H48N4O7Si. The Kier molecular flexibility index (Phi) is 11.3. The Labute approximate surface area is 314 Å². The summed E-state index contributed by atoms with van der Waals surface area (Å²) in [5.41, 5.74) is 6.45. The molecule has 6 rings (SSSR count). The first-order valence-corrected chi connectivity index (χ1v) is 21.1. The van der Waals surface area contributed by atoms with Gasteiger partial charge in [-0.1, -0.05) is 75.4 Å². The summed E-state index contributed by atoms with van der Waals surface area (Å²) in [6.07, 6.45) is 0.779. The molecule has 0 radical (unpaired) electrons. The molecule has 2 heterocycles. The number of unbranched alkanes of at least 4 members (excludes halogenated alkanes) is 1. The molecule has 2 aromatic heterocycles. The summed E-state index contributed by atoms with van der Waals surface area (Å²) in [4.78, 5) is 39.3. The number of aromatic amines is 1. The van der Waals surface area contributed by atoms with Gasteiger partial charge in [-0.3, -0.25) is 14.7 Å². The molecule has 6 aromatic rings. The van der Waals surface area contributed by atoms with Gasteiger partial charge in [-0.2, -0.15) is 0 Å². The molecule has 0 aliphatic heterocycles. The molecule has 4 aromatic carbocycles. The predicted octanol–water partition coefficient (Wildman–Crippen LogP) is 8.77. The molecule has 0 aliphatic carbocycles. The molecule has 282 valence electrons. The first-order chi connectivity index (χ1) is 25.7. The van der Waals surface area contributed by atoms with E-state index in [9.17, 15) is 24.6 Å². The van der Waals surface area contributed by atoms with Crippen LogP contribution in [-0.4, -0.2) is 40.7 Å². The van der Waals surface area contributed by atoms with E-state index in [-0.39, 0.29) is 22.5 Å². The van der Waals surface area contributed by atoms with Crippen LogP contribution in [0.15, 0.2) is 105 Å². The maximum Gasteiger partial charge on any atom is 0.419 e. The van der Waals surface area contributed by atoms with E-state index in [0.717, 1.165) is 58.0 Å². The monoisotopic (exact) mass is 748 g/mol. The maximum atomic E-state index is 12.9. The molecule has 1 amide bonds. The summed E-state index contributed by atoms with van der Waals surface area (Å²) in [5.74, 6) is -0.402. The molecule has 5 N–H and O–H groups in total. The SMILES string of the molecule is CC(C)(C)[Si](C)(C)O[C@H](CNCc1ccc2c(c1)oc(=O)n2CCCCc1ccc(-c2ccccc2)c(NC(=O)O)c1)c1ccc(O)c2[nH]c(=O)ccc12. The fourth-order valence-electron chi connectivity index (χ4n) is 6.50. The number of phenols is 1. The zero-order valence-corrected chi connectivity index (χ0v) is 32.4. The maximum absolute atomic E-state index is 12.9. The quantitative estimate of drug-likeness (QED) is 0.0546. The van der Waals surface area contributed by atoms with Gasteiger partial charge in [0.25, 0.3) is 0 Å². The van der Waals surface area contributed by atoms with Crippen LogP contribution >= 0.6 is 0 Å². The summed E-state index contributed by atoms with van der Waals surface area (Å²) in [6, 6.07) is 27.9. The van der Waals surface area contributed by atoms with Crippen molar-refractivity contribution in [1.29, 1.82) is 0 Å². The highest BCUT2D eigenvalue weighted by Gasteiger charge is 2.39. The van der Waals surface area contributed by atoms with Crippen molar-refractivity contribution in [2.45, 2.75) is 77.4 Å². The number of nitrogens with zero attached hydrogens (tertiary/aromatic N) is 1. The van der Waals surface area contributed by atoms with Crippen molar-refractivity contribution in [3.05, 3.63) is 129 Å². The van der Waals surface area contributed by atoms with Crippen molar-refractivity contribution in [3.63, 3.8) is 0 Å². The van der Waals surface area contributed by atoms with Crippen molar-refractivity contribution in [3.8, 4) is 16.9 Å². The normalized spacial score (nSPS) is 12.7. The van der Waals surface area contributed by atoms with Gasteiger partial charge in [-0.15, -0.1) is 0 Å². The predicted molar refractivity (Wildman–Crippen MR) is 216 cm³/mol. The number of amides is 1. The van der Waals surface area contributed by atoms with Crippen molar-refractivity contribution in [2.24, 2.45) is 0 Å². The average Bonchev–Trinajstić information content (AvgIpc) is 3.43. The number of carbonyl (C=O) groups is 1. The van der Waals surface area contributed by atoms with Crippen LogP contribution in [0.5, 0.6) is 5.75 Å². The molecule has 0 fully saturated rings. The number of fused-ring (bicyclic) bond motifs is 2. The molecule has 1 atom stereocenters. The Balaban J connectivity index is 1.11. The Morgan fingerprint density at radius 2 is 1.70 bits per heavy atom. The Hall–Kier alpha value is -5.43. The van der Waals surface area contributed by atoms with E-state index in [2.05, 4.69) is 49.5 Å². The smallest absolute Gasteiger partial charge is 0.419 e. The summed E-state index contributed by atoms with van der Waals surface area (Å²) >= 11 is 0. The fraction of sp³-hybridized carbons (Fsp3) is 0.310. The molecule has 0 saturated heterocycles. The van der Waals surface area contributed by atoms with E-state index in [1.165, 1.54) is 6.07 Å². The highest BCUT2D eigenvalue weighted by molar-refractivity contribution is 6.74. The van der Waals surface area contributed by atoms with E-state index in [1.54, 1.807) is 16.7 Å². The largest absolute Gasteiger partial charge is 0.506 e. The summed E-state index contributed by atoms with van der Waals surface area (Å²) in [5, 5.41) is 26.7. The van der Waals surface area contributed by atoms with Gasteiger partial charge >= 0.3 is 11.8 Å². The number of anilines is 1. The molecule has 54 heavy (non-hydrogen) atoms. The number of H-pyrrole nitrogens is 1. The number of oxazole rings is 1. The van der Waals surface area contributed by atoms with Gasteiger partial charge in [-0.25, -0.2) is 9.59 Å². The second kappa shape index (κ2) is 15.9. The lowest BCUT2D eigenvalue weighted by atomic mass is 9.99. The number of carboxylic acid groups (broad SMARTS) is 1. The number of phenolic OH excluding ortho intramolecular Hbond substituents is 1. The second-order valence-electron chi connectivity index (χ2n) is 15.2. The van der Waals surface area contributed by atoms with Crippen molar-refractivity contribution >= 4 is 42.1 Å². The lowest BCUT2D eigenvalue weighted by Crippen LogP contribution is -2.43. The third-order valence-electron chi connectivity index (χ3n) is 10.4. The molecule has 0 bridgehead atoms. The van der Waals surface area contributed by atoms with Gasteiger partial charge in [0, 0.05) is 36.7 Å². The van der Waals surface area contributed by atoms with Crippen LogP contribution in [0.2, 0.25) is 18.1 Å². The third-order valence-corrected chi connectivity index (χ3v) is 14.9. The minimum Gasteiger partial charge on any atom is -0.506 e. The number of rotatable bonds is 14. The second-order valence-corrected chi connectivity index (χ2v) is 20.0. The average molecular weight is 749 g/mol. The number of aromatic hydroxyl groups is 1. The van der Waals surface area contributed by atoms with Crippen LogP contribution in [0.25, 0.3) is 33.1 Å². The molecule has 0 aliphatic rings. The van der Waals surface area contributed by atoms with Crippen molar-refractivity contribution in [1.82, 2.24) is 14.9 Å². The topological polar surface area (TPSA) is 159 Å². The van der Waals surface area contributed by atoms with E-state index in [0.29, 0.717) is 36.4 Å². The molecule has 12 heteroatoms. The minimum absolute atomic E-state index is 0.00478. The summed E-state index contributed by atoms with van der Waals surface area (Å²) in [6.45, 7) is 12.4. The molecular weight excluding hydrogens is 701 g/mol. The van der Waals surface area contributed by atoms with E-state index in [1.807, 2.05) is 72.8 Å². The number of hydrogen-bond donors (Lipinski definition) is 5. The van der Waals surface area contributed by atoms with Crippen LogP contribution in [-0.2, 0) is 23.9 Å². The minimum atomic E-state index is -2.24. The van der Waals surface area contributed by atoms with E-state index in [4.69, 9.17) is 8.84 Å². The standard InChI is InChI=1S/C42H48N4O7Si/c1-42(2,3)54(4,5)53-37(31-17-20-35(47)39-32(31)18-21-38(48)45-39)26-43-25-28-15-19-34-36(24-28)52-41(51)46(34)22-10-9-11-27-14-16-30(29-12-7-6-8-13-29)33(23-27)44-40(49)50/h6-8,12-21,23-24,37,43-44,47H,9-11,22,25-26H2,1-5H3,(H,45,48)(H,49,50)/t37-/m1/s1. The van der Waals surface area contributed by atoms with Crippen LogP contribution < -0.4 is 21.9 Å². The van der Waals surface area contributed by atoms with Crippen molar-refractivity contribution < 1.29 is 23.9 Å². The van der Waals surface area contributed by atoms with E-state index < -0.39 is 20.2 Å². The lowest BCUT2D eigenvalue weighted by molar-refractivity contribution is 0.181. The van der Waals surface area contributed by atoms with Gasteiger partial charge in [0.2, 0.25) is 5.56 Å². The lowest BCUT2D eigenvalue weighted by Gasteiger charge is -2.39. The summed E-state index contributed by atoms with van der Waals surface area (Å²) in [7, 11) is -2.24. The Morgan fingerprint density at radius 3 is 2.44 bits per heavy atom. The van der Waals surface area contributed by atoms with Gasteiger partial charge in [0.05, 0.1) is 22.8 Å². The zero-order valence-electron chi connectivity index (χ0n) is 31.4. The number of aryl methyl sites for hydroxylation is 2. The number of benzene rings is 4. The van der Waals surface area contributed by atoms with Gasteiger partial charge in [-0.05, 0) is 90.0 Å². The molecule has 11 nitrogen and oxygen atoms in total. The molecule has 0 spiro atoms.